The van der Waals surface area contributed by atoms with Gasteiger partial charge < -0.3 is 5.43 Å². The van der Waals surface area contributed by atoms with Crippen molar-refractivity contribution in [2.45, 2.75) is 0 Å². The van der Waals surface area contributed by atoms with Crippen LogP contribution in [-0.2, 0) is 0 Å². The molecule has 6 heteroatoms. The molecule has 0 saturated heterocycles. The normalized spacial score (nSPS) is 8.08. The fraction of sp³-hybridized carbons (Fsp3) is 0. The lowest BCUT2D eigenvalue weighted by atomic mass is 10.3. The molecule has 0 unspecified atom stereocenters. The second-order valence-corrected chi connectivity index (χ2v) is 2.93. The predicted molar refractivity (Wildman–Crippen MR) is 56.7 cm³/mol. The number of nitrogens with one attached hydrogen (secondary N) is 1. The Bertz CT molecular complexity index is 309. The van der Waals surface area contributed by atoms with Crippen LogP contribution in [0.5, 0.6) is 0 Å². The van der Waals surface area contributed by atoms with E-state index in [1.165, 1.54) is 0 Å². The summed E-state index contributed by atoms with van der Waals surface area (Å²) in [4.78, 5) is 3.87. The monoisotopic (exact) mass is 296 g/mol. The van der Waals surface area contributed by atoms with Crippen LogP contribution < -0.4 is 11.3 Å². The SMILES string of the molecule is Cl.N#Cc1c(I)ccnc1NN. The first-order valence-corrected chi connectivity index (χ1v) is 3.88. The highest BCUT2D eigenvalue weighted by Gasteiger charge is 2.04. The number of halogens is 2. The molecule has 12 heavy (non-hydrogen) atoms. The summed E-state index contributed by atoms with van der Waals surface area (Å²) in [5.41, 5.74) is 2.83. The van der Waals surface area contributed by atoms with Crippen LogP contribution >= 0.6 is 35.0 Å². The van der Waals surface area contributed by atoms with Gasteiger partial charge in [-0.25, -0.2) is 10.8 Å². The van der Waals surface area contributed by atoms with Gasteiger partial charge in [0.25, 0.3) is 0 Å². The number of anilines is 1. The second kappa shape index (κ2) is 5.13. The van der Waals surface area contributed by atoms with Gasteiger partial charge in [-0.3, -0.25) is 0 Å². The lowest BCUT2D eigenvalue weighted by molar-refractivity contribution is 1.20. The molecule has 1 aromatic rings. The van der Waals surface area contributed by atoms with E-state index in [0.717, 1.165) is 3.57 Å². The van der Waals surface area contributed by atoms with Gasteiger partial charge in [0.1, 0.15) is 11.6 Å². The molecule has 1 aromatic heterocycles. The van der Waals surface area contributed by atoms with Crippen molar-refractivity contribution in [1.29, 1.82) is 5.26 Å². The Morgan fingerprint density at radius 3 is 2.75 bits per heavy atom. The molecule has 0 aliphatic heterocycles. The summed E-state index contributed by atoms with van der Waals surface area (Å²) in [7, 11) is 0. The molecule has 64 valence electrons. The minimum atomic E-state index is 0. The number of nitriles is 1. The van der Waals surface area contributed by atoms with E-state index in [-0.39, 0.29) is 12.4 Å². The lowest BCUT2D eigenvalue weighted by Gasteiger charge is -2.01. The quantitative estimate of drug-likeness (QED) is 0.465. The third kappa shape index (κ3) is 2.20. The molecule has 0 fully saturated rings. The van der Waals surface area contributed by atoms with E-state index in [0.29, 0.717) is 11.4 Å². The van der Waals surface area contributed by atoms with Crippen LogP contribution in [0.3, 0.4) is 0 Å². The molecule has 0 aliphatic rings. The first-order valence-electron chi connectivity index (χ1n) is 2.81. The molecule has 0 bridgehead atoms. The highest BCUT2D eigenvalue weighted by atomic mass is 127. The standard InChI is InChI=1S/C6H5IN4.ClH/c7-5-1-2-10-6(11-9)4(5)3-8;/h1-2H,9H2,(H,10,11);1H. The zero-order valence-corrected chi connectivity index (χ0v) is 8.89. The smallest absolute Gasteiger partial charge is 0.159 e. The minimum Gasteiger partial charge on any atom is -0.307 e. The van der Waals surface area contributed by atoms with E-state index in [2.05, 4.69) is 33.0 Å². The first kappa shape index (κ1) is 11.4. The molecule has 1 rings (SSSR count). The Labute approximate surface area is 89.7 Å². The molecular weight excluding hydrogens is 290 g/mol. The second-order valence-electron chi connectivity index (χ2n) is 1.77. The van der Waals surface area contributed by atoms with Crippen molar-refractivity contribution >= 4 is 40.8 Å². The number of nitrogen functional groups attached to an aromatic ring is 1. The van der Waals surface area contributed by atoms with Gasteiger partial charge in [0, 0.05) is 9.77 Å². The number of rotatable bonds is 1. The van der Waals surface area contributed by atoms with Crippen molar-refractivity contribution in [2.24, 2.45) is 5.84 Å². The Morgan fingerprint density at radius 1 is 1.67 bits per heavy atom. The van der Waals surface area contributed by atoms with Gasteiger partial charge in [0.15, 0.2) is 5.82 Å². The molecule has 0 amide bonds. The number of aromatic nitrogens is 1. The largest absolute Gasteiger partial charge is 0.307 e. The van der Waals surface area contributed by atoms with Crippen LogP contribution in [0.2, 0.25) is 0 Å². The molecule has 0 radical (unpaired) electrons. The van der Waals surface area contributed by atoms with Gasteiger partial charge in [-0.15, -0.1) is 12.4 Å². The Balaban J connectivity index is 0.00000121. The molecule has 3 N–H and O–H groups in total. The Morgan fingerprint density at radius 2 is 2.33 bits per heavy atom. The highest BCUT2D eigenvalue weighted by Crippen LogP contribution is 2.16. The minimum absolute atomic E-state index is 0. The van der Waals surface area contributed by atoms with Crippen LogP contribution in [0.1, 0.15) is 5.56 Å². The van der Waals surface area contributed by atoms with E-state index in [1.807, 2.05) is 6.07 Å². The van der Waals surface area contributed by atoms with Gasteiger partial charge in [-0.05, 0) is 28.7 Å². The number of nitrogens with zero attached hydrogens (tertiary/aromatic N) is 2. The fourth-order valence-corrected chi connectivity index (χ4v) is 1.19. The van der Waals surface area contributed by atoms with Gasteiger partial charge in [-0.2, -0.15) is 5.26 Å². The molecule has 1 heterocycles. The zero-order valence-electron chi connectivity index (χ0n) is 5.91. The highest BCUT2D eigenvalue weighted by molar-refractivity contribution is 14.1. The van der Waals surface area contributed by atoms with Crippen molar-refractivity contribution in [1.82, 2.24) is 4.98 Å². The summed E-state index contributed by atoms with van der Waals surface area (Å²) in [6.45, 7) is 0. The van der Waals surface area contributed by atoms with Crippen molar-refractivity contribution in [2.75, 3.05) is 5.43 Å². The number of pyridine rings is 1. The number of hydrogen-bond donors (Lipinski definition) is 2. The average Bonchev–Trinajstić information content (AvgIpc) is 2.04. The van der Waals surface area contributed by atoms with E-state index >= 15 is 0 Å². The van der Waals surface area contributed by atoms with Gasteiger partial charge >= 0.3 is 0 Å². The van der Waals surface area contributed by atoms with Crippen LogP contribution in [-0.4, -0.2) is 4.98 Å². The lowest BCUT2D eigenvalue weighted by Crippen LogP contribution is -2.10. The average molecular weight is 296 g/mol. The Hall–Kier alpha value is -0.580. The maximum absolute atomic E-state index is 8.64. The summed E-state index contributed by atoms with van der Waals surface area (Å²) < 4.78 is 0.841. The van der Waals surface area contributed by atoms with E-state index in [9.17, 15) is 0 Å². The summed E-state index contributed by atoms with van der Waals surface area (Å²) in [6, 6.07) is 3.75. The van der Waals surface area contributed by atoms with Crippen LogP contribution in [0.25, 0.3) is 0 Å². The predicted octanol–water partition coefficient (Wildman–Crippen LogP) is 1.27. The molecule has 0 saturated carbocycles. The maximum Gasteiger partial charge on any atom is 0.159 e. The van der Waals surface area contributed by atoms with Gasteiger partial charge in [-0.1, -0.05) is 0 Å². The number of nitrogens with two attached hydrogens (primary N) is 1. The van der Waals surface area contributed by atoms with Crippen molar-refractivity contribution in [3.8, 4) is 6.07 Å². The molecule has 4 nitrogen and oxygen atoms in total. The van der Waals surface area contributed by atoms with Crippen LogP contribution in [0.4, 0.5) is 5.82 Å². The Kier molecular flexibility index (Phi) is 4.89. The zero-order chi connectivity index (χ0) is 8.27. The summed E-state index contributed by atoms with van der Waals surface area (Å²) in [5.74, 6) is 5.54. The third-order valence-electron chi connectivity index (χ3n) is 1.15. The van der Waals surface area contributed by atoms with E-state index in [4.69, 9.17) is 11.1 Å². The van der Waals surface area contributed by atoms with E-state index < -0.39 is 0 Å². The topological polar surface area (TPSA) is 74.7 Å². The molecular formula is C6H6ClIN4. The van der Waals surface area contributed by atoms with Crippen molar-refractivity contribution < 1.29 is 0 Å². The number of hydrazine groups is 1. The van der Waals surface area contributed by atoms with Gasteiger partial charge in [0.2, 0.25) is 0 Å². The van der Waals surface area contributed by atoms with Crippen LogP contribution in [0.15, 0.2) is 12.3 Å². The summed E-state index contributed by atoms with van der Waals surface area (Å²) in [6.07, 6.45) is 1.60. The fourth-order valence-electron chi connectivity index (χ4n) is 0.654. The van der Waals surface area contributed by atoms with Crippen molar-refractivity contribution in [3.05, 3.63) is 21.4 Å². The molecule has 0 spiro atoms. The third-order valence-corrected chi connectivity index (χ3v) is 2.05. The first-order chi connectivity index (χ1) is 5.29. The maximum atomic E-state index is 8.64. The molecule has 0 aromatic carbocycles. The van der Waals surface area contributed by atoms with Gasteiger partial charge in [0.05, 0.1) is 0 Å². The molecule has 0 aliphatic carbocycles. The van der Waals surface area contributed by atoms with Crippen molar-refractivity contribution in [3.63, 3.8) is 0 Å². The summed E-state index contributed by atoms with van der Waals surface area (Å²) in [5, 5.41) is 8.64. The number of hydrogen-bond acceptors (Lipinski definition) is 4. The van der Waals surface area contributed by atoms with E-state index in [1.54, 1.807) is 12.3 Å². The summed E-state index contributed by atoms with van der Waals surface area (Å²) >= 11 is 2.05. The van der Waals surface area contributed by atoms with Crippen LogP contribution in [0, 0.1) is 14.9 Å². The molecule has 0 atom stereocenters.